The second-order valence-electron chi connectivity index (χ2n) is 6.24. The van der Waals surface area contributed by atoms with E-state index in [0.717, 1.165) is 6.07 Å². The summed E-state index contributed by atoms with van der Waals surface area (Å²) in [6.07, 6.45) is -2.00. The molecule has 1 N–H and O–H groups in total. The molecule has 2 heterocycles. The Hall–Kier alpha value is -2.35. The molecule has 0 unspecified atom stereocenters. The smallest absolute Gasteiger partial charge is 0.391 e. The van der Waals surface area contributed by atoms with Gasteiger partial charge in [0.05, 0.1) is 30.3 Å². The van der Waals surface area contributed by atoms with Gasteiger partial charge < -0.3 is 10.0 Å². The molecule has 1 saturated heterocycles. The number of rotatable bonds is 3. The standard InChI is InChI=1S/C17H18F3N3O2/c1-22-9-11(8-21-22)6-16(25)23-10-12(24)7-15(23)13-4-2-3-5-14(13)17(18,19)20/h2-5,8-9,12,15,24H,6-7,10H2,1H3/t12-,15-/m1/s1. The number of halogens is 3. The lowest BCUT2D eigenvalue weighted by molar-refractivity contribution is -0.140. The van der Waals surface area contributed by atoms with Crippen molar-refractivity contribution in [2.75, 3.05) is 6.54 Å². The van der Waals surface area contributed by atoms with E-state index < -0.39 is 23.9 Å². The summed E-state index contributed by atoms with van der Waals surface area (Å²) < 4.78 is 41.5. The van der Waals surface area contributed by atoms with Crippen molar-refractivity contribution in [3.63, 3.8) is 0 Å². The largest absolute Gasteiger partial charge is 0.416 e. The van der Waals surface area contributed by atoms with Crippen LogP contribution in [-0.2, 0) is 24.4 Å². The fourth-order valence-electron chi connectivity index (χ4n) is 3.27. The van der Waals surface area contributed by atoms with Gasteiger partial charge in [0.15, 0.2) is 0 Å². The van der Waals surface area contributed by atoms with Crippen LogP contribution in [0.4, 0.5) is 13.2 Å². The van der Waals surface area contributed by atoms with E-state index in [1.54, 1.807) is 24.1 Å². The highest BCUT2D eigenvalue weighted by Crippen LogP contribution is 2.40. The van der Waals surface area contributed by atoms with Gasteiger partial charge in [0.2, 0.25) is 5.91 Å². The molecule has 25 heavy (non-hydrogen) atoms. The van der Waals surface area contributed by atoms with E-state index in [2.05, 4.69) is 5.10 Å². The zero-order valence-electron chi connectivity index (χ0n) is 13.6. The number of aromatic nitrogens is 2. The van der Waals surface area contributed by atoms with Gasteiger partial charge in [-0.15, -0.1) is 0 Å². The summed E-state index contributed by atoms with van der Waals surface area (Å²) >= 11 is 0. The molecule has 0 bridgehead atoms. The normalized spacial score (nSPS) is 20.9. The van der Waals surface area contributed by atoms with Crippen LogP contribution in [0.5, 0.6) is 0 Å². The molecule has 3 rings (SSSR count). The van der Waals surface area contributed by atoms with E-state index in [4.69, 9.17) is 0 Å². The van der Waals surface area contributed by atoms with Gasteiger partial charge in [0.1, 0.15) is 0 Å². The summed E-state index contributed by atoms with van der Waals surface area (Å²) in [7, 11) is 1.72. The average molecular weight is 353 g/mol. The highest BCUT2D eigenvalue weighted by atomic mass is 19.4. The number of carbonyl (C=O) groups excluding carboxylic acids is 1. The first-order valence-electron chi connectivity index (χ1n) is 7.87. The fraction of sp³-hybridized carbons (Fsp3) is 0.412. The molecule has 1 amide bonds. The number of benzene rings is 1. The maximum absolute atomic E-state index is 13.3. The molecule has 134 valence electrons. The van der Waals surface area contributed by atoms with Crippen molar-refractivity contribution >= 4 is 5.91 Å². The minimum absolute atomic E-state index is 0.0195. The summed E-state index contributed by atoms with van der Waals surface area (Å²) in [4.78, 5) is 13.9. The van der Waals surface area contributed by atoms with E-state index in [1.165, 1.54) is 23.1 Å². The Bertz CT molecular complexity index is 772. The zero-order valence-corrected chi connectivity index (χ0v) is 13.6. The summed E-state index contributed by atoms with van der Waals surface area (Å²) in [5, 5.41) is 13.9. The van der Waals surface area contributed by atoms with E-state index in [-0.39, 0.29) is 30.9 Å². The molecule has 0 aliphatic carbocycles. The van der Waals surface area contributed by atoms with Gasteiger partial charge in [-0.25, -0.2) is 0 Å². The van der Waals surface area contributed by atoms with Crippen LogP contribution >= 0.6 is 0 Å². The quantitative estimate of drug-likeness (QED) is 0.921. The lowest BCUT2D eigenvalue weighted by Gasteiger charge is -2.27. The maximum Gasteiger partial charge on any atom is 0.416 e. The molecule has 5 nitrogen and oxygen atoms in total. The Morgan fingerprint density at radius 2 is 2.08 bits per heavy atom. The molecule has 2 atom stereocenters. The van der Waals surface area contributed by atoms with E-state index in [0.29, 0.717) is 5.56 Å². The van der Waals surface area contributed by atoms with Gasteiger partial charge >= 0.3 is 6.18 Å². The first-order chi connectivity index (χ1) is 11.8. The Balaban J connectivity index is 1.89. The number of carbonyl (C=O) groups is 1. The van der Waals surface area contributed by atoms with Gasteiger partial charge in [-0.3, -0.25) is 9.48 Å². The fourth-order valence-corrected chi connectivity index (χ4v) is 3.27. The van der Waals surface area contributed by atoms with Crippen LogP contribution in [0.2, 0.25) is 0 Å². The molecular formula is C17H18F3N3O2. The Kier molecular flexibility index (Phi) is 4.55. The van der Waals surface area contributed by atoms with E-state index >= 15 is 0 Å². The number of aliphatic hydroxyl groups is 1. The predicted molar refractivity (Wildman–Crippen MR) is 83.4 cm³/mol. The van der Waals surface area contributed by atoms with Crippen molar-refractivity contribution in [3.05, 3.63) is 53.3 Å². The molecule has 1 aliphatic rings. The van der Waals surface area contributed by atoms with Crippen molar-refractivity contribution in [2.24, 2.45) is 7.05 Å². The Morgan fingerprint density at radius 1 is 1.36 bits per heavy atom. The van der Waals surface area contributed by atoms with Crippen LogP contribution in [-0.4, -0.2) is 38.3 Å². The van der Waals surface area contributed by atoms with Crippen molar-refractivity contribution in [3.8, 4) is 0 Å². The minimum Gasteiger partial charge on any atom is -0.391 e. The lowest BCUT2D eigenvalue weighted by Crippen LogP contribution is -2.33. The molecule has 1 aromatic heterocycles. The van der Waals surface area contributed by atoms with Gasteiger partial charge in [0.25, 0.3) is 0 Å². The molecule has 1 aromatic carbocycles. The Morgan fingerprint density at radius 3 is 2.72 bits per heavy atom. The van der Waals surface area contributed by atoms with Crippen molar-refractivity contribution in [2.45, 2.75) is 31.2 Å². The summed E-state index contributed by atoms with van der Waals surface area (Å²) in [5.74, 6) is -0.327. The number of β-amino-alcohol motifs (C(OH)–C–C–N with tert-alkyl or cyclic N) is 1. The first-order valence-corrected chi connectivity index (χ1v) is 7.87. The van der Waals surface area contributed by atoms with Gasteiger partial charge in [-0.05, 0) is 23.6 Å². The zero-order chi connectivity index (χ0) is 18.2. The number of likely N-dealkylation sites (tertiary alicyclic amines) is 1. The molecule has 8 heteroatoms. The van der Waals surface area contributed by atoms with Crippen molar-refractivity contribution in [1.29, 1.82) is 0 Å². The number of hydrogen-bond donors (Lipinski definition) is 1. The monoisotopic (exact) mass is 353 g/mol. The highest BCUT2D eigenvalue weighted by molar-refractivity contribution is 5.79. The van der Waals surface area contributed by atoms with Gasteiger partial charge in [-0.2, -0.15) is 18.3 Å². The molecule has 1 aliphatic heterocycles. The molecular weight excluding hydrogens is 335 g/mol. The molecule has 1 fully saturated rings. The number of hydrogen-bond acceptors (Lipinski definition) is 3. The van der Waals surface area contributed by atoms with Crippen LogP contribution in [0.25, 0.3) is 0 Å². The van der Waals surface area contributed by atoms with Crippen LogP contribution in [0.3, 0.4) is 0 Å². The van der Waals surface area contributed by atoms with E-state index in [9.17, 15) is 23.1 Å². The van der Waals surface area contributed by atoms with Crippen LogP contribution < -0.4 is 0 Å². The second kappa shape index (κ2) is 6.51. The number of nitrogens with zero attached hydrogens (tertiary/aromatic N) is 3. The second-order valence-corrected chi connectivity index (χ2v) is 6.24. The average Bonchev–Trinajstić information content (AvgIpc) is 3.12. The molecule has 0 saturated carbocycles. The number of aliphatic hydroxyl groups excluding tert-OH is 1. The van der Waals surface area contributed by atoms with Gasteiger partial charge in [-0.1, -0.05) is 18.2 Å². The minimum atomic E-state index is -4.51. The highest BCUT2D eigenvalue weighted by Gasteiger charge is 2.41. The predicted octanol–water partition coefficient (Wildman–Crippen LogP) is 2.32. The van der Waals surface area contributed by atoms with Crippen LogP contribution in [0.15, 0.2) is 36.7 Å². The van der Waals surface area contributed by atoms with Crippen LogP contribution in [0.1, 0.15) is 29.2 Å². The SMILES string of the molecule is Cn1cc(CC(=O)N2C[C@H](O)C[C@@H]2c2ccccc2C(F)(F)F)cn1. The third-order valence-corrected chi connectivity index (χ3v) is 4.34. The number of alkyl halides is 3. The van der Waals surface area contributed by atoms with Gasteiger partial charge in [0, 0.05) is 19.8 Å². The van der Waals surface area contributed by atoms with Crippen molar-refractivity contribution in [1.82, 2.24) is 14.7 Å². The summed E-state index contributed by atoms with van der Waals surface area (Å²) in [6, 6.07) is 4.41. The lowest BCUT2D eigenvalue weighted by atomic mass is 9.97. The summed E-state index contributed by atoms with van der Waals surface area (Å²) in [5.41, 5.74) is -0.0730. The third-order valence-electron chi connectivity index (χ3n) is 4.34. The number of amides is 1. The summed E-state index contributed by atoms with van der Waals surface area (Å²) in [6.45, 7) is 0.0238. The van der Waals surface area contributed by atoms with Crippen molar-refractivity contribution < 1.29 is 23.1 Å². The number of aryl methyl sites for hydroxylation is 1. The first kappa shape index (κ1) is 17.5. The van der Waals surface area contributed by atoms with E-state index in [1.807, 2.05) is 0 Å². The van der Waals surface area contributed by atoms with Crippen LogP contribution in [0, 0.1) is 0 Å². The molecule has 2 aromatic rings. The third kappa shape index (κ3) is 3.68. The maximum atomic E-state index is 13.3. The molecule has 0 spiro atoms. The molecule has 0 radical (unpaired) electrons. The Labute approximate surface area is 142 Å². The topological polar surface area (TPSA) is 58.4 Å².